The van der Waals surface area contributed by atoms with E-state index >= 15 is 0 Å². The summed E-state index contributed by atoms with van der Waals surface area (Å²) in [5.41, 5.74) is 2.76. The molecule has 0 heterocycles. The average Bonchev–Trinajstić information content (AvgIpc) is 2.55. The van der Waals surface area contributed by atoms with Crippen LogP contribution in [0.1, 0.15) is 69.9 Å². The zero-order valence-corrected chi connectivity index (χ0v) is 14.3. The summed E-state index contributed by atoms with van der Waals surface area (Å²) < 4.78 is 5.94. The van der Waals surface area contributed by atoms with E-state index in [0.29, 0.717) is 11.8 Å². The van der Waals surface area contributed by atoms with E-state index in [1.807, 2.05) is 0 Å². The van der Waals surface area contributed by atoms with E-state index < -0.39 is 0 Å². The highest BCUT2D eigenvalue weighted by molar-refractivity contribution is 5.35. The van der Waals surface area contributed by atoms with Gasteiger partial charge in [0.2, 0.25) is 0 Å². The molecular formula is C21H28O. The lowest BCUT2D eigenvalue weighted by atomic mass is 9.97. The first-order chi connectivity index (χ1) is 10.6. The maximum atomic E-state index is 5.94. The van der Waals surface area contributed by atoms with Crippen molar-refractivity contribution in [2.75, 3.05) is 0 Å². The predicted octanol–water partition coefficient (Wildman–Crippen LogP) is 6.90. The molecule has 0 bridgehead atoms. The lowest BCUT2D eigenvalue weighted by Crippen LogP contribution is -1.93. The molecule has 0 aliphatic rings. The summed E-state index contributed by atoms with van der Waals surface area (Å²) in [5, 5.41) is 0. The lowest BCUT2D eigenvalue weighted by molar-refractivity contribution is 0.481. The van der Waals surface area contributed by atoms with Gasteiger partial charge in [0.25, 0.3) is 0 Å². The van der Waals surface area contributed by atoms with Crippen molar-refractivity contribution >= 4 is 0 Å². The Kier molecular flexibility index (Phi) is 6.06. The smallest absolute Gasteiger partial charge is 0.127 e. The number of ether oxygens (including phenoxy) is 1. The highest BCUT2D eigenvalue weighted by Gasteiger charge is 2.06. The van der Waals surface area contributed by atoms with E-state index in [1.165, 1.54) is 24.0 Å². The Hall–Kier alpha value is -1.76. The van der Waals surface area contributed by atoms with Crippen LogP contribution in [0.25, 0.3) is 0 Å². The zero-order chi connectivity index (χ0) is 15.9. The van der Waals surface area contributed by atoms with Gasteiger partial charge in [-0.1, -0.05) is 58.4 Å². The molecule has 2 aromatic carbocycles. The van der Waals surface area contributed by atoms with Gasteiger partial charge in [0, 0.05) is 0 Å². The van der Waals surface area contributed by atoms with Gasteiger partial charge in [-0.2, -0.15) is 0 Å². The fourth-order valence-electron chi connectivity index (χ4n) is 2.70. The lowest BCUT2D eigenvalue weighted by Gasteiger charge is -2.13. The number of hydrogen-bond donors (Lipinski definition) is 0. The second kappa shape index (κ2) is 8.03. The zero-order valence-electron chi connectivity index (χ0n) is 14.3. The van der Waals surface area contributed by atoms with Crippen molar-refractivity contribution in [3.8, 4) is 11.5 Å². The minimum atomic E-state index is 0.605. The number of hydrogen-bond acceptors (Lipinski definition) is 1. The summed E-state index contributed by atoms with van der Waals surface area (Å²) in [5.74, 6) is 3.03. The molecule has 0 saturated heterocycles. The number of rotatable bonds is 7. The Morgan fingerprint density at radius 3 is 1.59 bits per heavy atom. The third kappa shape index (κ3) is 4.37. The van der Waals surface area contributed by atoms with Crippen LogP contribution < -0.4 is 4.74 Å². The maximum absolute atomic E-state index is 5.94. The SMILES string of the molecule is CCCC(C)c1ccc(Oc2ccc(C(C)CC)cc2)cc1. The predicted molar refractivity (Wildman–Crippen MR) is 95.0 cm³/mol. The van der Waals surface area contributed by atoms with E-state index in [2.05, 4.69) is 76.2 Å². The summed E-state index contributed by atoms with van der Waals surface area (Å²) in [6.45, 7) is 8.99. The summed E-state index contributed by atoms with van der Waals surface area (Å²) in [7, 11) is 0. The van der Waals surface area contributed by atoms with Gasteiger partial charge < -0.3 is 4.74 Å². The quantitative estimate of drug-likeness (QED) is 0.540. The molecule has 22 heavy (non-hydrogen) atoms. The first-order valence-corrected chi connectivity index (χ1v) is 8.51. The van der Waals surface area contributed by atoms with Crippen LogP contribution in [0, 0.1) is 0 Å². The standard InChI is InChI=1S/C21H28O/c1-5-7-17(4)19-10-14-21(15-11-19)22-20-12-8-18(9-13-20)16(3)6-2/h8-17H,5-7H2,1-4H3. The maximum Gasteiger partial charge on any atom is 0.127 e. The Bertz CT molecular complexity index is 553. The first-order valence-electron chi connectivity index (χ1n) is 8.51. The van der Waals surface area contributed by atoms with Crippen molar-refractivity contribution in [1.29, 1.82) is 0 Å². The molecule has 1 heteroatoms. The molecule has 0 radical (unpaired) electrons. The minimum absolute atomic E-state index is 0.605. The van der Waals surface area contributed by atoms with Crippen molar-refractivity contribution in [3.63, 3.8) is 0 Å². The van der Waals surface area contributed by atoms with Gasteiger partial charge in [-0.3, -0.25) is 0 Å². The molecule has 118 valence electrons. The largest absolute Gasteiger partial charge is 0.457 e. The molecule has 2 aromatic rings. The Morgan fingerprint density at radius 1 is 0.727 bits per heavy atom. The van der Waals surface area contributed by atoms with Crippen LogP contribution >= 0.6 is 0 Å². The van der Waals surface area contributed by atoms with Crippen LogP contribution in [0.2, 0.25) is 0 Å². The number of benzene rings is 2. The summed E-state index contributed by atoms with van der Waals surface area (Å²) in [6.07, 6.45) is 3.62. The molecule has 2 unspecified atom stereocenters. The molecule has 0 fully saturated rings. The molecule has 0 amide bonds. The topological polar surface area (TPSA) is 9.23 Å². The van der Waals surface area contributed by atoms with E-state index in [0.717, 1.165) is 17.9 Å². The highest BCUT2D eigenvalue weighted by Crippen LogP contribution is 2.27. The van der Waals surface area contributed by atoms with Gasteiger partial charge in [-0.15, -0.1) is 0 Å². The van der Waals surface area contributed by atoms with Gasteiger partial charge in [-0.25, -0.2) is 0 Å². The van der Waals surface area contributed by atoms with Gasteiger partial charge in [-0.05, 0) is 60.1 Å². The van der Waals surface area contributed by atoms with Crippen LogP contribution in [0.5, 0.6) is 11.5 Å². The van der Waals surface area contributed by atoms with Crippen molar-refractivity contribution in [2.24, 2.45) is 0 Å². The minimum Gasteiger partial charge on any atom is -0.457 e. The van der Waals surface area contributed by atoms with E-state index in [4.69, 9.17) is 4.74 Å². The molecule has 0 saturated carbocycles. The monoisotopic (exact) mass is 296 g/mol. The molecule has 2 rings (SSSR count). The Balaban J connectivity index is 2.01. The molecule has 0 N–H and O–H groups in total. The van der Waals surface area contributed by atoms with E-state index in [1.54, 1.807) is 0 Å². The first kappa shape index (κ1) is 16.6. The molecule has 0 spiro atoms. The van der Waals surface area contributed by atoms with Crippen LogP contribution in [-0.4, -0.2) is 0 Å². The molecular weight excluding hydrogens is 268 g/mol. The summed E-state index contributed by atoms with van der Waals surface area (Å²) in [6, 6.07) is 17.0. The second-order valence-corrected chi connectivity index (χ2v) is 6.24. The third-order valence-corrected chi connectivity index (χ3v) is 4.47. The van der Waals surface area contributed by atoms with Crippen molar-refractivity contribution in [2.45, 2.75) is 58.8 Å². The third-order valence-electron chi connectivity index (χ3n) is 4.47. The van der Waals surface area contributed by atoms with Crippen LogP contribution in [0.15, 0.2) is 48.5 Å². The second-order valence-electron chi connectivity index (χ2n) is 6.24. The van der Waals surface area contributed by atoms with Crippen molar-refractivity contribution < 1.29 is 4.74 Å². The fraction of sp³-hybridized carbons (Fsp3) is 0.429. The van der Waals surface area contributed by atoms with Crippen LogP contribution in [0.4, 0.5) is 0 Å². The molecule has 1 nitrogen and oxygen atoms in total. The molecule has 0 aliphatic carbocycles. The van der Waals surface area contributed by atoms with Gasteiger partial charge >= 0.3 is 0 Å². The Morgan fingerprint density at radius 2 is 1.18 bits per heavy atom. The average molecular weight is 296 g/mol. The van der Waals surface area contributed by atoms with Crippen LogP contribution in [0.3, 0.4) is 0 Å². The molecule has 0 aliphatic heterocycles. The van der Waals surface area contributed by atoms with Gasteiger partial charge in [0.1, 0.15) is 11.5 Å². The van der Waals surface area contributed by atoms with E-state index in [-0.39, 0.29) is 0 Å². The van der Waals surface area contributed by atoms with Gasteiger partial charge in [0.05, 0.1) is 0 Å². The molecule has 2 atom stereocenters. The van der Waals surface area contributed by atoms with Gasteiger partial charge in [0.15, 0.2) is 0 Å². The summed E-state index contributed by atoms with van der Waals surface area (Å²) >= 11 is 0. The summed E-state index contributed by atoms with van der Waals surface area (Å²) in [4.78, 5) is 0. The van der Waals surface area contributed by atoms with Crippen molar-refractivity contribution in [3.05, 3.63) is 59.7 Å². The Labute approximate surface area is 135 Å². The fourth-order valence-corrected chi connectivity index (χ4v) is 2.70. The normalized spacial score (nSPS) is 13.6. The van der Waals surface area contributed by atoms with E-state index in [9.17, 15) is 0 Å². The molecule has 0 aromatic heterocycles. The van der Waals surface area contributed by atoms with Crippen LogP contribution in [-0.2, 0) is 0 Å². The van der Waals surface area contributed by atoms with Crippen molar-refractivity contribution in [1.82, 2.24) is 0 Å². The highest BCUT2D eigenvalue weighted by atomic mass is 16.5.